The molecule has 0 aromatic heterocycles. The van der Waals surface area contributed by atoms with E-state index in [0.717, 1.165) is 13.2 Å². The van der Waals surface area contributed by atoms with Crippen LogP contribution in [0.5, 0.6) is 0 Å². The van der Waals surface area contributed by atoms with E-state index in [0.29, 0.717) is 11.5 Å². The van der Waals surface area contributed by atoms with Crippen LogP contribution in [0.1, 0.15) is 73.6 Å². The maximum Gasteiger partial charge on any atom is 0.347 e. The molecule has 1 rings (SSSR count). The molecule has 114 valence electrons. The van der Waals surface area contributed by atoms with Gasteiger partial charge in [0.15, 0.2) is 0 Å². The molecule has 1 saturated carbocycles. The van der Waals surface area contributed by atoms with E-state index >= 15 is 0 Å². The van der Waals surface area contributed by atoms with Crippen molar-refractivity contribution in [1.29, 1.82) is 0 Å². The lowest BCUT2D eigenvalue weighted by Gasteiger charge is -2.50. The van der Waals surface area contributed by atoms with Crippen molar-refractivity contribution in [3.05, 3.63) is 0 Å². The van der Waals surface area contributed by atoms with Crippen LogP contribution in [-0.2, 0) is 8.85 Å². The van der Waals surface area contributed by atoms with Crippen LogP contribution in [0.2, 0.25) is 10.6 Å². The van der Waals surface area contributed by atoms with E-state index < -0.39 is 8.56 Å². The third-order valence-electron chi connectivity index (χ3n) is 5.20. The summed E-state index contributed by atoms with van der Waals surface area (Å²) in [5, 5.41) is 0.168. The molecule has 0 bridgehead atoms. The molecular weight excluding hydrogens is 252 g/mol. The van der Waals surface area contributed by atoms with Crippen molar-refractivity contribution >= 4 is 8.56 Å². The maximum atomic E-state index is 6.45. The molecule has 19 heavy (non-hydrogen) atoms. The standard InChI is InChI=1S/C16H34O2Si/c1-7-17-19(18-8-2,16(5,6)14(3)4)15-12-10-9-11-13-15/h14-15H,7-13H2,1-6H3. The third-order valence-corrected chi connectivity index (χ3v) is 10.7. The van der Waals surface area contributed by atoms with Gasteiger partial charge < -0.3 is 8.85 Å². The number of hydrogen-bond donors (Lipinski definition) is 0. The Hall–Kier alpha value is 0.137. The van der Waals surface area contributed by atoms with Crippen LogP contribution in [0.15, 0.2) is 0 Å². The summed E-state index contributed by atoms with van der Waals surface area (Å²) in [6.45, 7) is 15.2. The Balaban J connectivity index is 3.11. The molecule has 0 atom stereocenters. The molecule has 0 heterocycles. The zero-order chi connectivity index (χ0) is 14.5. The van der Waals surface area contributed by atoms with Crippen LogP contribution in [0, 0.1) is 5.92 Å². The SMILES string of the molecule is CCO[Si](OCC)(C1CCCCC1)C(C)(C)C(C)C. The van der Waals surface area contributed by atoms with Gasteiger partial charge in [-0.1, -0.05) is 47.0 Å². The first-order chi connectivity index (χ1) is 8.92. The topological polar surface area (TPSA) is 18.5 Å². The fourth-order valence-corrected chi connectivity index (χ4v) is 8.67. The van der Waals surface area contributed by atoms with Gasteiger partial charge in [-0.25, -0.2) is 0 Å². The van der Waals surface area contributed by atoms with Crippen molar-refractivity contribution in [1.82, 2.24) is 0 Å². The molecule has 0 N–H and O–H groups in total. The summed E-state index contributed by atoms with van der Waals surface area (Å²) in [5.41, 5.74) is 0.679. The quantitative estimate of drug-likeness (QED) is 0.593. The van der Waals surface area contributed by atoms with Crippen LogP contribution in [0.25, 0.3) is 0 Å². The lowest BCUT2D eigenvalue weighted by atomic mass is 9.98. The van der Waals surface area contributed by atoms with Gasteiger partial charge in [0, 0.05) is 23.8 Å². The van der Waals surface area contributed by atoms with Crippen LogP contribution in [-0.4, -0.2) is 21.8 Å². The summed E-state index contributed by atoms with van der Waals surface area (Å²) in [6.07, 6.45) is 6.72. The molecule has 3 heteroatoms. The number of rotatable bonds is 7. The predicted octanol–water partition coefficient (Wildman–Crippen LogP) is 5.27. The average Bonchev–Trinajstić information content (AvgIpc) is 2.39. The summed E-state index contributed by atoms with van der Waals surface area (Å²) < 4.78 is 12.9. The Morgan fingerprint density at radius 2 is 1.47 bits per heavy atom. The molecule has 0 unspecified atom stereocenters. The summed E-state index contributed by atoms with van der Waals surface area (Å²) in [4.78, 5) is 0. The third kappa shape index (κ3) is 3.42. The van der Waals surface area contributed by atoms with Gasteiger partial charge in [-0.2, -0.15) is 0 Å². The van der Waals surface area contributed by atoms with Crippen molar-refractivity contribution in [3.8, 4) is 0 Å². The second-order valence-corrected chi connectivity index (χ2v) is 10.8. The zero-order valence-corrected chi connectivity index (χ0v) is 14.9. The second-order valence-electron chi connectivity index (χ2n) is 6.74. The summed E-state index contributed by atoms with van der Waals surface area (Å²) in [7, 11) is -2.19. The van der Waals surface area contributed by atoms with Gasteiger partial charge in [0.05, 0.1) is 0 Å². The Morgan fingerprint density at radius 1 is 1.00 bits per heavy atom. The smallest absolute Gasteiger partial charge is 0.347 e. The number of hydrogen-bond acceptors (Lipinski definition) is 2. The fourth-order valence-electron chi connectivity index (χ4n) is 3.49. The van der Waals surface area contributed by atoms with Gasteiger partial charge in [-0.3, -0.25) is 0 Å². The lowest BCUT2D eigenvalue weighted by Crippen LogP contribution is -2.57. The minimum absolute atomic E-state index is 0.168. The van der Waals surface area contributed by atoms with Crippen molar-refractivity contribution in [2.75, 3.05) is 13.2 Å². The average molecular weight is 287 g/mol. The lowest BCUT2D eigenvalue weighted by molar-refractivity contribution is 0.128. The highest BCUT2D eigenvalue weighted by molar-refractivity contribution is 6.72. The first-order valence-corrected chi connectivity index (χ1v) is 10.1. The summed E-state index contributed by atoms with van der Waals surface area (Å²) in [5.74, 6) is 0.596. The Morgan fingerprint density at radius 3 is 1.84 bits per heavy atom. The van der Waals surface area contributed by atoms with E-state index in [2.05, 4.69) is 41.5 Å². The van der Waals surface area contributed by atoms with Crippen molar-refractivity contribution in [3.63, 3.8) is 0 Å². The molecule has 2 nitrogen and oxygen atoms in total. The van der Waals surface area contributed by atoms with Gasteiger partial charge in [0.1, 0.15) is 0 Å². The van der Waals surface area contributed by atoms with Gasteiger partial charge in [-0.15, -0.1) is 0 Å². The molecule has 1 aliphatic carbocycles. The Bertz CT molecular complexity index is 251. The first kappa shape index (κ1) is 17.2. The molecule has 1 aliphatic rings. The van der Waals surface area contributed by atoms with Crippen molar-refractivity contribution in [2.45, 2.75) is 84.2 Å². The van der Waals surface area contributed by atoms with E-state index in [4.69, 9.17) is 8.85 Å². The molecule has 0 aromatic carbocycles. The monoisotopic (exact) mass is 286 g/mol. The summed E-state index contributed by atoms with van der Waals surface area (Å²) >= 11 is 0. The van der Waals surface area contributed by atoms with Crippen LogP contribution >= 0.6 is 0 Å². The van der Waals surface area contributed by atoms with Crippen LogP contribution in [0.3, 0.4) is 0 Å². The van der Waals surface area contributed by atoms with E-state index in [1.807, 2.05) is 0 Å². The maximum absolute atomic E-state index is 6.45. The van der Waals surface area contributed by atoms with Gasteiger partial charge in [-0.05, 0) is 32.6 Å². The van der Waals surface area contributed by atoms with Crippen molar-refractivity contribution in [2.24, 2.45) is 5.92 Å². The Kier molecular flexibility index (Phi) is 6.54. The first-order valence-electron chi connectivity index (χ1n) is 8.20. The summed E-state index contributed by atoms with van der Waals surface area (Å²) in [6, 6.07) is 0. The Labute approximate surface area is 121 Å². The van der Waals surface area contributed by atoms with E-state index in [1.165, 1.54) is 32.1 Å². The van der Waals surface area contributed by atoms with E-state index in [-0.39, 0.29) is 5.04 Å². The zero-order valence-electron chi connectivity index (χ0n) is 13.9. The second kappa shape index (κ2) is 7.23. The van der Waals surface area contributed by atoms with E-state index in [1.54, 1.807) is 0 Å². The molecule has 1 fully saturated rings. The van der Waals surface area contributed by atoms with Crippen LogP contribution in [0.4, 0.5) is 0 Å². The minimum atomic E-state index is -2.19. The molecule has 0 aliphatic heterocycles. The van der Waals surface area contributed by atoms with Gasteiger partial charge >= 0.3 is 8.56 Å². The predicted molar refractivity (Wildman–Crippen MR) is 84.7 cm³/mol. The normalized spacial score (nSPS) is 19.1. The van der Waals surface area contributed by atoms with E-state index in [9.17, 15) is 0 Å². The molecule has 0 radical (unpaired) electrons. The van der Waals surface area contributed by atoms with Gasteiger partial charge in [0.25, 0.3) is 0 Å². The highest BCUT2D eigenvalue weighted by atomic mass is 28.4. The largest absolute Gasteiger partial charge is 0.394 e. The molecule has 0 spiro atoms. The fraction of sp³-hybridized carbons (Fsp3) is 1.00. The molecular formula is C16H34O2Si. The van der Waals surface area contributed by atoms with Gasteiger partial charge in [0.2, 0.25) is 0 Å². The van der Waals surface area contributed by atoms with Crippen molar-refractivity contribution < 1.29 is 8.85 Å². The molecule has 0 aromatic rings. The highest BCUT2D eigenvalue weighted by Gasteiger charge is 2.58. The molecule has 0 amide bonds. The highest BCUT2D eigenvalue weighted by Crippen LogP contribution is 2.54. The van der Waals surface area contributed by atoms with Crippen LogP contribution < -0.4 is 0 Å². The minimum Gasteiger partial charge on any atom is -0.394 e. The molecule has 0 saturated heterocycles.